The zero-order valence-electron chi connectivity index (χ0n) is 15.1. The van der Waals surface area contributed by atoms with Crippen LogP contribution in [0.3, 0.4) is 0 Å². The van der Waals surface area contributed by atoms with Gasteiger partial charge in [0, 0.05) is 38.4 Å². The van der Waals surface area contributed by atoms with Crippen LogP contribution in [0.25, 0.3) is 0 Å². The number of piperazine rings is 1. The van der Waals surface area contributed by atoms with Crippen molar-refractivity contribution in [3.8, 4) is 0 Å². The molecule has 0 aliphatic carbocycles. The summed E-state index contributed by atoms with van der Waals surface area (Å²) in [5.41, 5.74) is 3.31. The monoisotopic (exact) mass is 353 g/mol. The Morgan fingerprint density at radius 3 is 2.62 bits per heavy atom. The van der Waals surface area contributed by atoms with E-state index in [0.29, 0.717) is 44.4 Å². The summed E-state index contributed by atoms with van der Waals surface area (Å²) < 4.78 is 0. The number of anilines is 1. The first-order valence-corrected chi connectivity index (χ1v) is 8.69. The van der Waals surface area contributed by atoms with Crippen molar-refractivity contribution in [1.29, 1.82) is 0 Å². The highest BCUT2D eigenvalue weighted by molar-refractivity contribution is 5.92. The number of hydrogen-bond acceptors (Lipinski definition) is 5. The molecule has 1 saturated heterocycles. The molecule has 0 spiro atoms. The van der Waals surface area contributed by atoms with Crippen LogP contribution in [-0.2, 0) is 11.3 Å². The number of hydrogen-bond donors (Lipinski definition) is 1. The third-order valence-electron chi connectivity index (χ3n) is 4.36. The zero-order valence-corrected chi connectivity index (χ0v) is 15.1. The van der Waals surface area contributed by atoms with E-state index in [9.17, 15) is 9.59 Å². The Labute approximate surface area is 153 Å². The smallest absolute Gasteiger partial charge is 0.270 e. The molecular weight excluding hydrogens is 330 g/mol. The summed E-state index contributed by atoms with van der Waals surface area (Å²) in [5, 5.41) is 2.91. The van der Waals surface area contributed by atoms with Crippen molar-refractivity contribution in [3.63, 3.8) is 0 Å². The van der Waals surface area contributed by atoms with E-state index in [1.54, 1.807) is 11.0 Å². The summed E-state index contributed by atoms with van der Waals surface area (Å²) in [6, 6.07) is 9.72. The predicted octanol–water partition coefficient (Wildman–Crippen LogP) is 1.30. The number of aromatic nitrogens is 2. The first-order valence-electron chi connectivity index (χ1n) is 8.69. The molecule has 136 valence electrons. The van der Waals surface area contributed by atoms with Gasteiger partial charge < -0.3 is 15.1 Å². The number of nitrogens with one attached hydrogen (secondary N) is 1. The summed E-state index contributed by atoms with van der Waals surface area (Å²) in [6.45, 7) is 6.92. The molecule has 0 atom stereocenters. The lowest BCUT2D eigenvalue weighted by Gasteiger charge is -2.32. The van der Waals surface area contributed by atoms with E-state index in [4.69, 9.17) is 0 Å². The van der Waals surface area contributed by atoms with Crippen molar-refractivity contribution in [2.75, 3.05) is 31.1 Å². The molecule has 2 heterocycles. The molecule has 1 aromatic carbocycles. The Morgan fingerprint density at radius 2 is 1.92 bits per heavy atom. The second kappa shape index (κ2) is 7.95. The minimum atomic E-state index is -0.218. The van der Waals surface area contributed by atoms with Crippen LogP contribution in [-0.4, -0.2) is 53.4 Å². The van der Waals surface area contributed by atoms with Gasteiger partial charge in [0.15, 0.2) is 0 Å². The Kier molecular flexibility index (Phi) is 5.46. The Hall–Kier alpha value is -2.96. The predicted molar refractivity (Wildman–Crippen MR) is 99.0 cm³/mol. The highest BCUT2D eigenvalue weighted by Gasteiger charge is 2.20. The number of rotatable bonds is 5. The van der Waals surface area contributed by atoms with E-state index in [2.05, 4.69) is 15.3 Å². The Bertz CT molecular complexity index is 800. The van der Waals surface area contributed by atoms with E-state index in [1.165, 1.54) is 0 Å². The standard InChI is InChI=1S/C19H23N5O2/c1-14-4-3-5-16(10-14)12-20-18(26)17-11-15(2)21-19(22-17)24-8-6-23(13-25)7-9-24/h3-5,10-11,13H,6-9,12H2,1-2H3,(H,20,26). The van der Waals surface area contributed by atoms with Crippen LogP contribution in [0, 0.1) is 13.8 Å². The van der Waals surface area contributed by atoms with Gasteiger partial charge in [-0.2, -0.15) is 0 Å². The minimum Gasteiger partial charge on any atom is -0.347 e. The molecule has 26 heavy (non-hydrogen) atoms. The fraction of sp³-hybridized carbons (Fsp3) is 0.368. The third kappa shape index (κ3) is 4.36. The zero-order chi connectivity index (χ0) is 18.5. The van der Waals surface area contributed by atoms with E-state index < -0.39 is 0 Å². The number of benzene rings is 1. The van der Waals surface area contributed by atoms with Gasteiger partial charge in [0.2, 0.25) is 12.4 Å². The van der Waals surface area contributed by atoms with Gasteiger partial charge in [0.25, 0.3) is 5.91 Å². The number of nitrogens with zero attached hydrogens (tertiary/aromatic N) is 4. The molecule has 1 aliphatic heterocycles. The van der Waals surface area contributed by atoms with Crippen LogP contribution in [0.2, 0.25) is 0 Å². The van der Waals surface area contributed by atoms with Gasteiger partial charge in [0.05, 0.1) is 0 Å². The molecule has 0 bridgehead atoms. The number of amides is 2. The van der Waals surface area contributed by atoms with E-state index in [-0.39, 0.29) is 5.91 Å². The summed E-state index contributed by atoms with van der Waals surface area (Å²) >= 11 is 0. The quantitative estimate of drug-likeness (QED) is 0.820. The summed E-state index contributed by atoms with van der Waals surface area (Å²) in [4.78, 5) is 36.0. The van der Waals surface area contributed by atoms with Gasteiger partial charge >= 0.3 is 0 Å². The lowest BCUT2D eigenvalue weighted by atomic mass is 10.1. The molecule has 7 nitrogen and oxygen atoms in total. The van der Waals surface area contributed by atoms with Crippen LogP contribution in [0.15, 0.2) is 30.3 Å². The molecule has 1 N–H and O–H groups in total. The van der Waals surface area contributed by atoms with Gasteiger partial charge in [0.1, 0.15) is 5.69 Å². The fourth-order valence-electron chi connectivity index (χ4n) is 2.93. The van der Waals surface area contributed by atoms with E-state index in [1.807, 2.05) is 43.0 Å². The van der Waals surface area contributed by atoms with Gasteiger partial charge in [-0.05, 0) is 25.5 Å². The normalized spacial score (nSPS) is 14.2. The van der Waals surface area contributed by atoms with Crippen molar-refractivity contribution < 1.29 is 9.59 Å². The molecular formula is C19H23N5O2. The van der Waals surface area contributed by atoms with Crippen molar-refractivity contribution >= 4 is 18.3 Å². The molecule has 1 aromatic heterocycles. The molecule has 0 saturated carbocycles. The maximum absolute atomic E-state index is 12.5. The second-order valence-electron chi connectivity index (χ2n) is 6.49. The molecule has 0 unspecified atom stereocenters. The van der Waals surface area contributed by atoms with Crippen molar-refractivity contribution in [1.82, 2.24) is 20.2 Å². The highest BCUT2D eigenvalue weighted by Crippen LogP contribution is 2.13. The van der Waals surface area contributed by atoms with Gasteiger partial charge in [-0.3, -0.25) is 9.59 Å². The lowest BCUT2D eigenvalue weighted by Crippen LogP contribution is -2.46. The number of carbonyl (C=O) groups is 2. The molecule has 2 aromatic rings. The highest BCUT2D eigenvalue weighted by atomic mass is 16.2. The molecule has 1 fully saturated rings. The van der Waals surface area contributed by atoms with Gasteiger partial charge in [-0.25, -0.2) is 9.97 Å². The Balaban J connectivity index is 1.68. The summed E-state index contributed by atoms with van der Waals surface area (Å²) in [5.74, 6) is 0.320. The molecule has 0 radical (unpaired) electrons. The van der Waals surface area contributed by atoms with Crippen LogP contribution in [0.4, 0.5) is 5.95 Å². The van der Waals surface area contributed by atoms with Crippen LogP contribution in [0.5, 0.6) is 0 Å². The minimum absolute atomic E-state index is 0.218. The van der Waals surface area contributed by atoms with Crippen molar-refractivity contribution in [2.45, 2.75) is 20.4 Å². The van der Waals surface area contributed by atoms with Gasteiger partial charge in [-0.15, -0.1) is 0 Å². The summed E-state index contributed by atoms with van der Waals surface area (Å²) in [7, 11) is 0. The molecule has 1 aliphatic rings. The van der Waals surface area contributed by atoms with E-state index >= 15 is 0 Å². The van der Waals surface area contributed by atoms with Crippen molar-refractivity contribution in [3.05, 3.63) is 52.8 Å². The third-order valence-corrected chi connectivity index (χ3v) is 4.36. The topological polar surface area (TPSA) is 78.4 Å². The van der Waals surface area contributed by atoms with E-state index in [0.717, 1.165) is 23.2 Å². The maximum Gasteiger partial charge on any atom is 0.270 e. The first-order chi connectivity index (χ1) is 12.5. The fourth-order valence-corrected chi connectivity index (χ4v) is 2.93. The van der Waals surface area contributed by atoms with Crippen LogP contribution >= 0.6 is 0 Å². The Morgan fingerprint density at radius 1 is 1.15 bits per heavy atom. The average Bonchev–Trinajstić information content (AvgIpc) is 2.65. The molecule has 3 rings (SSSR count). The SMILES string of the molecule is Cc1cccc(CNC(=O)c2cc(C)nc(N3CCN(C=O)CC3)n2)c1. The second-order valence-corrected chi connectivity index (χ2v) is 6.49. The maximum atomic E-state index is 12.5. The average molecular weight is 353 g/mol. The largest absolute Gasteiger partial charge is 0.347 e. The number of carbonyl (C=O) groups excluding carboxylic acids is 2. The van der Waals surface area contributed by atoms with Crippen LogP contribution in [0.1, 0.15) is 27.3 Å². The molecule has 7 heteroatoms. The van der Waals surface area contributed by atoms with Crippen LogP contribution < -0.4 is 10.2 Å². The molecule has 2 amide bonds. The van der Waals surface area contributed by atoms with Crippen molar-refractivity contribution in [2.24, 2.45) is 0 Å². The summed E-state index contributed by atoms with van der Waals surface area (Å²) in [6.07, 6.45) is 0.860. The first kappa shape index (κ1) is 17.8. The van der Waals surface area contributed by atoms with Gasteiger partial charge in [-0.1, -0.05) is 29.8 Å². The lowest BCUT2D eigenvalue weighted by molar-refractivity contribution is -0.118. The number of aryl methyl sites for hydroxylation is 2.